The highest BCUT2D eigenvalue weighted by Gasteiger charge is 2.12. The Balaban J connectivity index is 2.32. The van der Waals surface area contributed by atoms with Crippen LogP contribution in [0.3, 0.4) is 0 Å². The van der Waals surface area contributed by atoms with Crippen LogP contribution in [0.1, 0.15) is 5.69 Å². The third-order valence-electron chi connectivity index (χ3n) is 2.58. The van der Waals surface area contributed by atoms with Gasteiger partial charge in [0.05, 0.1) is 18.9 Å². The summed E-state index contributed by atoms with van der Waals surface area (Å²) in [6, 6.07) is 3.54. The van der Waals surface area contributed by atoms with Crippen LogP contribution in [-0.2, 0) is 4.74 Å². The second-order valence-corrected chi connectivity index (χ2v) is 3.65. The second-order valence-electron chi connectivity index (χ2n) is 3.65. The van der Waals surface area contributed by atoms with E-state index in [2.05, 4.69) is 4.90 Å². The van der Waals surface area contributed by atoms with Crippen LogP contribution in [0.15, 0.2) is 12.1 Å². The van der Waals surface area contributed by atoms with Gasteiger partial charge < -0.3 is 14.8 Å². The molecular weight excluding hydrogens is 194 g/mol. The Morgan fingerprint density at radius 2 is 2.00 bits per heavy atom. The molecule has 0 spiro atoms. The molecule has 0 saturated carbocycles. The number of nitrogens with zero attached hydrogens (tertiary/aromatic N) is 2. The summed E-state index contributed by atoms with van der Waals surface area (Å²) in [5, 5.41) is 17.0. The number of nitrogens with one attached hydrogen (secondary N) is 1. The van der Waals surface area contributed by atoms with Gasteiger partial charge in [-0.25, -0.2) is 0 Å². The Morgan fingerprint density at radius 3 is 2.60 bits per heavy atom. The molecule has 1 aromatic rings. The van der Waals surface area contributed by atoms with Gasteiger partial charge in [-0.05, 0) is 13.0 Å². The van der Waals surface area contributed by atoms with Gasteiger partial charge in [-0.1, -0.05) is 0 Å². The highest BCUT2D eigenvalue weighted by molar-refractivity contribution is 5.46. The van der Waals surface area contributed by atoms with Crippen molar-refractivity contribution < 1.29 is 9.94 Å². The standard InChI is InChI=1S/C10H15N3O2/c1-8-6-9(7-10(11)13(8)14)12-2-4-15-5-3-12/h6-7,11,14H,2-5H2,1H3. The Morgan fingerprint density at radius 1 is 1.33 bits per heavy atom. The predicted octanol–water partition coefficient (Wildman–Crippen LogP) is 0.350. The number of aromatic nitrogens is 1. The molecule has 0 unspecified atom stereocenters. The summed E-state index contributed by atoms with van der Waals surface area (Å²) in [4.78, 5) is 2.16. The van der Waals surface area contributed by atoms with Crippen molar-refractivity contribution in [2.45, 2.75) is 6.92 Å². The average Bonchev–Trinajstić information content (AvgIpc) is 2.26. The molecule has 1 saturated heterocycles. The van der Waals surface area contributed by atoms with E-state index in [1.165, 1.54) is 0 Å². The molecule has 1 aliphatic rings. The molecule has 5 nitrogen and oxygen atoms in total. The molecule has 2 N–H and O–H groups in total. The van der Waals surface area contributed by atoms with Crippen LogP contribution >= 0.6 is 0 Å². The van der Waals surface area contributed by atoms with E-state index < -0.39 is 0 Å². The van der Waals surface area contributed by atoms with Crippen LogP contribution in [0.2, 0.25) is 0 Å². The molecule has 0 aliphatic carbocycles. The normalized spacial score (nSPS) is 16.7. The quantitative estimate of drug-likeness (QED) is 0.656. The molecule has 1 aliphatic heterocycles. The van der Waals surface area contributed by atoms with Gasteiger partial charge in [0, 0.05) is 24.8 Å². The molecular formula is C10H15N3O2. The molecule has 0 radical (unpaired) electrons. The first kappa shape index (κ1) is 10.0. The Kier molecular flexibility index (Phi) is 2.64. The number of morpholine rings is 1. The van der Waals surface area contributed by atoms with Crippen molar-refractivity contribution in [2.75, 3.05) is 31.2 Å². The van der Waals surface area contributed by atoms with Crippen molar-refractivity contribution in [3.8, 4) is 0 Å². The van der Waals surface area contributed by atoms with Crippen LogP contribution in [0.5, 0.6) is 0 Å². The van der Waals surface area contributed by atoms with Crippen molar-refractivity contribution in [1.29, 1.82) is 5.41 Å². The Labute approximate surface area is 88.0 Å². The molecule has 0 aromatic carbocycles. The van der Waals surface area contributed by atoms with Crippen LogP contribution in [-0.4, -0.2) is 36.2 Å². The fourth-order valence-electron chi connectivity index (χ4n) is 1.71. The Bertz CT molecular complexity index is 408. The fraction of sp³-hybridized carbons (Fsp3) is 0.500. The predicted molar refractivity (Wildman–Crippen MR) is 55.2 cm³/mol. The third kappa shape index (κ3) is 1.97. The van der Waals surface area contributed by atoms with Crippen molar-refractivity contribution in [2.24, 2.45) is 0 Å². The minimum absolute atomic E-state index is 0.108. The summed E-state index contributed by atoms with van der Waals surface area (Å²) in [5.41, 5.74) is 1.76. The van der Waals surface area contributed by atoms with E-state index in [1.807, 2.05) is 6.07 Å². The van der Waals surface area contributed by atoms with E-state index in [4.69, 9.17) is 10.1 Å². The van der Waals surface area contributed by atoms with E-state index in [1.54, 1.807) is 13.0 Å². The van der Waals surface area contributed by atoms with Gasteiger partial charge in [0.15, 0.2) is 5.49 Å². The molecule has 82 valence electrons. The third-order valence-corrected chi connectivity index (χ3v) is 2.58. The zero-order valence-electron chi connectivity index (χ0n) is 8.73. The van der Waals surface area contributed by atoms with Gasteiger partial charge in [-0.15, -0.1) is 0 Å². The zero-order chi connectivity index (χ0) is 10.8. The van der Waals surface area contributed by atoms with E-state index in [-0.39, 0.29) is 5.49 Å². The van der Waals surface area contributed by atoms with Crippen LogP contribution in [0.4, 0.5) is 5.69 Å². The smallest absolute Gasteiger partial charge is 0.162 e. The highest BCUT2D eigenvalue weighted by Crippen LogP contribution is 2.14. The lowest BCUT2D eigenvalue weighted by Crippen LogP contribution is -2.37. The van der Waals surface area contributed by atoms with Crippen LogP contribution in [0, 0.1) is 12.3 Å². The largest absolute Gasteiger partial charge is 0.427 e. The van der Waals surface area contributed by atoms with Crippen LogP contribution < -0.4 is 10.4 Å². The second kappa shape index (κ2) is 3.94. The Hall–Kier alpha value is -1.49. The first-order chi connectivity index (χ1) is 7.18. The lowest BCUT2D eigenvalue weighted by Gasteiger charge is -2.29. The first-order valence-corrected chi connectivity index (χ1v) is 4.99. The van der Waals surface area contributed by atoms with Gasteiger partial charge >= 0.3 is 0 Å². The van der Waals surface area contributed by atoms with Gasteiger partial charge in [-0.3, -0.25) is 5.41 Å². The van der Waals surface area contributed by atoms with Crippen LogP contribution in [0.25, 0.3) is 0 Å². The van der Waals surface area contributed by atoms with Crippen molar-refractivity contribution >= 4 is 5.69 Å². The zero-order valence-corrected chi connectivity index (χ0v) is 8.73. The summed E-state index contributed by atoms with van der Waals surface area (Å²) >= 11 is 0. The van der Waals surface area contributed by atoms with E-state index in [0.29, 0.717) is 5.69 Å². The molecule has 2 heterocycles. The first-order valence-electron chi connectivity index (χ1n) is 4.99. The summed E-state index contributed by atoms with van der Waals surface area (Å²) in [7, 11) is 0. The van der Waals surface area contributed by atoms with Gasteiger partial charge in [0.1, 0.15) is 0 Å². The molecule has 1 aromatic heterocycles. The maximum atomic E-state index is 9.42. The lowest BCUT2D eigenvalue weighted by molar-refractivity contribution is 0.122. The van der Waals surface area contributed by atoms with E-state index in [9.17, 15) is 5.21 Å². The number of hydrogen-bond acceptors (Lipinski definition) is 4. The maximum Gasteiger partial charge on any atom is 0.162 e. The average molecular weight is 209 g/mol. The van der Waals surface area contributed by atoms with Crippen molar-refractivity contribution in [1.82, 2.24) is 4.73 Å². The molecule has 2 rings (SSSR count). The molecule has 15 heavy (non-hydrogen) atoms. The minimum atomic E-state index is 0.108. The molecule has 0 amide bonds. The fourth-order valence-corrected chi connectivity index (χ4v) is 1.71. The maximum absolute atomic E-state index is 9.42. The summed E-state index contributed by atoms with van der Waals surface area (Å²) in [6.45, 7) is 4.91. The lowest BCUT2D eigenvalue weighted by atomic mass is 10.3. The summed E-state index contributed by atoms with van der Waals surface area (Å²) in [5.74, 6) is 0. The molecule has 0 atom stereocenters. The molecule has 5 heteroatoms. The van der Waals surface area contributed by atoms with E-state index in [0.717, 1.165) is 36.7 Å². The monoisotopic (exact) mass is 209 g/mol. The number of rotatable bonds is 1. The molecule has 0 bridgehead atoms. The number of ether oxygens (including phenoxy) is 1. The highest BCUT2D eigenvalue weighted by atomic mass is 16.5. The van der Waals surface area contributed by atoms with Gasteiger partial charge in [0.25, 0.3) is 0 Å². The number of pyridine rings is 1. The summed E-state index contributed by atoms with van der Waals surface area (Å²) < 4.78 is 6.14. The van der Waals surface area contributed by atoms with E-state index >= 15 is 0 Å². The SMILES string of the molecule is Cc1cc(N2CCOCC2)cc(=N)n1O. The number of hydrogen-bond donors (Lipinski definition) is 2. The van der Waals surface area contributed by atoms with Crippen molar-refractivity contribution in [3.63, 3.8) is 0 Å². The minimum Gasteiger partial charge on any atom is -0.427 e. The van der Waals surface area contributed by atoms with Gasteiger partial charge in [-0.2, -0.15) is 4.73 Å². The topological polar surface area (TPSA) is 61.5 Å². The summed E-state index contributed by atoms with van der Waals surface area (Å²) in [6.07, 6.45) is 0. The van der Waals surface area contributed by atoms with Crippen molar-refractivity contribution in [3.05, 3.63) is 23.3 Å². The van der Waals surface area contributed by atoms with Gasteiger partial charge in [0.2, 0.25) is 0 Å². The molecule has 1 fully saturated rings. The number of anilines is 1. The number of aryl methyl sites for hydroxylation is 1.